The van der Waals surface area contributed by atoms with Crippen molar-refractivity contribution in [3.63, 3.8) is 0 Å². The minimum atomic E-state index is -1.13. The van der Waals surface area contributed by atoms with Crippen molar-refractivity contribution >= 4 is 40.1 Å². The number of hydrogen-bond donors (Lipinski definition) is 2. The molecule has 1 aliphatic carbocycles. The number of nitrogens with zero attached hydrogens (tertiary/aromatic N) is 1. The number of rotatable bonds is 5. The van der Waals surface area contributed by atoms with E-state index in [-0.39, 0.29) is 34.1 Å². The van der Waals surface area contributed by atoms with E-state index in [4.69, 9.17) is 4.42 Å². The maximum Gasteiger partial charge on any atom is 0.192 e. The Bertz CT molecular complexity index is 1000. The third kappa shape index (κ3) is 4.06. The quantitative estimate of drug-likeness (QED) is 0.451. The van der Waals surface area contributed by atoms with Crippen LogP contribution in [0.1, 0.15) is 38.1 Å². The predicted octanol–water partition coefficient (Wildman–Crippen LogP) is 6.85. The van der Waals surface area contributed by atoms with Gasteiger partial charge in [-0.15, -0.1) is 0 Å². The first-order valence-corrected chi connectivity index (χ1v) is 10.0. The molecule has 1 saturated carbocycles. The van der Waals surface area contributed by atoms with Gasteiger partial charge in [0.1, 0.15) is 17.2 Å². The molecule has 0 amide bonds. The summed E-state index contributed by atoms with van der Waals surface area (Å²) in [5.74, 6) is -2.60. The molecule has 0 spiro atoms. The van der Waals surface area contributed by atoms with Crippen molar-refractivity contribution in [2.75, 3.05) is 10.0 Å². The highest BCUT2D eigenvalue weighted by Crippen LogP contribution is 2.43. The standard InChI is InChI=1S/C18H16F3N3OS.C2H6/c1-8-3-6-12(11(19)7-8)23-15-13(20)14(21)16-18(25-9(2)22-16)17(15)24-26-10-4-5-10;1-2/h3,6-7,10,23-24H,4-5H2,1-2H3;1-2H3. The Morgan fingerprint density at radius 1 is 1.07 bits per heavy atom. The number of hydrogen-bond acceptors (Lipinski definition) is 5. The van der Waals surface area contributed by atoms with E-state index in [1.165, 1.54) is 24.1 Å². The van der Waals surface area contributed by atoms with Gasteiger partial charge in [-0.25, -0.2) is 18.2 Å². The summed E-state index contributed by atoms with van der Waals surface area (Å²) in [4.78, 5) is 3.92. The summed E-state index contributed by atoms with van der Waals surface area (Å²) in [6.45, 7) is 7.30. The van der Waals surface area contributed by atoms with Gasteiger partial charge in [0, 0.05) is 12.2 Å². The SMILES string of the molecule is CC.Cc1ccc(Nc2c(F)c(F)c3nc(C)oc3c2NSC2CC2)c(F)c1. The average Bonchev–Trinajstić information content (AvgIpc) is 3.42. The Kier molecular flexibility index (Phi) is 6.07. The number of anilines is 3. The second-order valence-electron chi connectivity index (χ2n) is 6.32. The smallest absolute Gasteiger partial charge is 0.192 e. The van der Waals surface area contributed by atoms with Crippen LogP contribution in [0.2, 0.25) is 0 Å². The molecule has 0 radical (unpaired) electrons. The van der Waals surface area contributed by atoms with Gasteiger partial charge < -0.3 is 14.5 Å². The van der Waals surface area contributed by atoms with Gasteiger partial charge in [0.25, 0.3) is 0 Å². The van der Waals surface area contributed by atoms with Crippen molar-refractivity contribution in [2.45, 2.75) is 45.8 Å². The Morgan fingerprint density at radius 3 is 2.43 bits per heavy atom. The zero-order valence-corrected chi connectivity index (χ0v) is 16.9. The maximum absolute atomic E-state index is 14.7. The molecule has 4 rings (SSSR count). The van der Waals surface area contributed by atoms with E-state index >= 15 is 0 Å². The van der Waals surface area contributed by atoms with Gasteiger partial charge in [0.15, 0.2) is 28.6 Å². The van der Waals surface area contributed by atoms with Gasteiger partial charge in [0.05, 0.1) is 5.69 Å². The summed E-state index contributed by atoms with van der Waals surface area (Å²) in [6, 6.07) is 4.48. The fourth-order valence-electron chi connectivity index (χ4n) is 2.58. The third-order valence-electron chi connectivity index (χ3n) is 4.07. The van der Waals surface area contributed by atoms with Crippen LogP contribution in [0, 0.1) is 31.3 Å². The number of benzene rings is 2. The van der Waals surface area contributed by atoms with Crippen molar-refractivity contribution in [1.82, 2.24) is 4.98 Å². The third-order valence-corrected chi connectivity index (χ3v) is 5.19. The first-order valence-electron chi connectivity index (χ1n) is 9.17. The molecule has 0 aliphatic heterocycles. The molecule has 4 nitrogen and oxygen atoms in total. The van der Waals surface area contributed by atoms with Gasteiger partial charge in [-0.1, -0.05) is 19.9 Å². The van der Waals surface area contributed by atoms with Crippen molar-refractivity contribution < 1.29 is 17.6 Å². The summed E-state index contributed by atoms with van der Waals surface area (Å²) < 4.78 is 51.9. The Hall–Kier alpha value is -2.35. The zero-order chi connectivity index (χ0) is 20.4. The number of aryl methyl sites for hydroxylation is 2. The number of fused-ring (bicyclic) bond motifs is 1. The van der Waals surface area contributed by atoms with Crippen LogP contribution < -0.4 is 10.0 Å². The maximum atomic E-state index is 14.7. The number of oxazole rings is 1. The lowest BCUT2D eigenvalue weighted by Crippen LogP contribution is -2.04. The van der Waals surface area contributed by atoms with Crippen LogP contribution in [0.3, 0.4) is 0 Å². The normalized spacial score (nSPS) is 13.2. The first kappa shape index (κ1) is 20.4. The summed E-state index contributed by atoms with van der Waals surface area (Å²) in [5, 5.41) is 3.08. The van der Waals surface area contributed by atoms with E-state index in [0.29, 0.717) is 5.25 Å². The highest BCUT2D eigenvalue weighted by molar-refractivity contribution is 8.01. The van der Waals surface area contributed by atoms with E-state index in [1.54, 1.807) is 19.9 Å². The second kappa shape index (κ2) is 8.34. The van der Waals surface area contributed by atoms with Crippen LogP contribution in [0.15, 0.2) is 22.6 Å². The second-order valence-corrected chi connectivity index (χ2v) is 7.42. The Balaban J connectivity index is 0.00000109. The molecule has 1 heterocycles. The Morgan fingerprint density at radius 2 is 1.79 bits per heavy atom. The molecule has 1 aromatic heterocycles. The summed E-state index contributed by atoms with van der Waals surface area (Å²) >= 11 is 1.40. The van der Waals surface area contributed by atoms with Crippen molar-refractivity contribution in [2.24, 2.45) is 0 Å². The number of halogens is 3. The van der Waals surface area contributed by atoms with Gasteiger partial charge >= 0.3 is 0 Å². The fourth-order valence-corrected chi connectivity index (χ4v) is 3.43. The summed E-state index contributed by atoms with van der Waals surface area (Å²) in [6.07, 6.45) is 2.10. The predicted molar refractivity (Wildman–Crippen MR) is 109 cm³/mol. The molecule has 0 atom stereocenters. The Labute approximate surface area is 166 Å². The van der Waals surface area contributed by atoms with Gasteiger partial charge in [-0.3, -0.25) is 0 Å². The molecule has 0 unspecified atom stereocenters. The molecular weight excluding hydrogens is 387 g/mol. The van der Waals surface area contributed by atoms with Crippen LogP contribution >= 0.6 is 11.9 Å². The number of nitrogens with one attached hydrogen (secondary N) is 2. The van der Waals surface area contributed by atoms with Crippen LogP contribution in [-0.4, -0.2) is 10.2 Å². The molecule has 1 aliphatic rings. The van der Waals surface area contributed by atoms with E-state index < -0.39 is 17.5 Å². The minimum Gasteiger partial charge on any atom is -0.439 e. The molecule has 1 fully saturated rings. The molecule has 3 aromatic rings. The molecule has 0 saturated heterocycles. The van der Waals surface area contributed by atoms with E-state index in [1.807, 2.05) is 13.8 Å². The molecule has 28 heavy (non-hydrogen) atoms. The van der Waals surface area contributed by atoms with Crippen LogP contribution in [0.5, 0.6) is 0 Å². The monoisotopic (exact) mass is 409 g/mol. The average molecular weight is 409 g/mol. The first-order chi connectivity index (χ1) is 13.4. The van der Waals surface area contributed by atoms with Crippen molar-refractivity contribution in [3.8, 4) is 0 Å². The van der Waals surface area contributed by atoms with Gasteiger partial charge in [0.2, 0.25) is 0 Å². The lowest BCUT2D eigenvalue weighted by Gasteiger charge is -2.15. The largest absolute Gasteiger partial charge is 0.439 e. The number of aromatic nitrogens is 1. The summed E-state index contributed by atoms with van der Waals surface area (Å²) in [7, 11) is 0. The highest BCUT2D eigenvalue weighted by atomic mass is 32.2. The zero-order valence-electron chi connectivity index (χ0n) is 16.1. The highest BCUT2D eigenvalue weighted by Gasteiger charge is 2.28. The van der Waals surface area contributed by atoms with E-state index in [2.05, 4.69) is 15.0 Å². The van der Waals surface area contributed by atoms with Crippen LogP contribution in [0.4, 0.5) is 30.2 Å². The topological polar surface area (TPSA) is 50.1 Å². The van der Waals surface area contributed by atoms with Crippen molar-refractivity contribution in [3.05, 3.63) is 47.1 Å². The van der Waals surface area contributed by atoms with E-state index in [9.17, 15) is 13.2 Å². The molecular formula is C20H22F3N3OS. The molecule has 2 aromatic carbocycles. The lowest BCUT2D eigenvalue weighted by molar-refractivity contribution is 0.518. The van der Waals surface area contributed by atoms with Gasteiger partial charge in [-0.05, 0) is 49.4 Å². The molecule has 150 valence electrons. The van der Waals surface area contributed by atoms with Crippen LogP contribution in [-0.2, 0) is 0 Å². The molecule has 8 heteroatoms. The molecule has 2 N–H and O–H groups in total. The molecule has 0 bridgehead atoms. The van der Waals surface area contributed by atoms with Crippen molar-refractivity contribution in [1.29, 1.82) is 0 Å². The van der Waals surface area contributed by atoms with Crippen LogP contribution in [0.25, 0.3) is 11.1 Å². The fraction of sp³-hybridized carbons (Fsp3) is 0.350. The van der Waals surface area contributed by atoms with E-state index in [0.717, 1.165) is 18.4 Å². The lowest BCUT2D eigenvalue weighted by atomic mass is 10.2. The van der Waals surface area contributed by atoms with Gasteiger partial charge in [-0.2, -0.15) is 0 Å². The minimum absolute atomic E-state index is 0.0453. The summed E-state index contributed by atoms with van der Waals surface area (Å²) in [5.41, 5.74) is 0.699.